The van der Waals surface area contributed by atoms with Crippen LogP contribution in [0.4, 0.5) is 0 Å². The maximum Gasteiger partial charge on any atom is 0.343 e. The first-order chi connectivity index (χ1) is 16.5. The van der Waals surface area contributed by atoms with Crippen LogP contribution in [0, 0.1) is 0 Å². The van der Waals surface area contributed by atoms with E-state index in [0.29, 0.717) is 39.9 Å². The van der Waals surface area contributed by atoms with Crippen molar-refractivity contribution in [2.24, 2.45) is 5.10 Å². The van der Waals surface area contributed by atoms with E-state index in [1.807, 2.05) is 0 Å². The van der Waals surface area contributed by atoms with Crippen molar-refractivity contribution in [1.29, 1.82) is 0 Å². The Morgan fingerprint density at radius 2 is 1.44 bits per heavy atom. The molecule has 0 aliphatic heterocycles. The van der Waals surface area contributed by atoms with Gasteiger partial charge < -0.3 is 23.7 Å². The lowest BCUT2D eigenvalue weighted by Gasteiger charge is -2.13. The first-order valence-corrected chi connectivity index (χ1v) is 10.1. The molecule has 0 radical (unpaired) electrons. The van der Waals surface area contributed by atoms with Gasteiger partial charge in [-0.15, -0.1) is 0 Å². The summed E-state index contributed by atoms with van der Waals surface area (Å²) in [6.45, 7) is 0. The first-order valence-electron chi connectivity index (χ1n) is 10.1. The molecule has 0 saturated carbocycles. The lowest BCUT2D eigenvalue weighted by Crippen LogP contribution is -2.18. The van der Waals surface area contributed by atoms with E-state index >= 15 is 0 Å². The number of rotatable bonds is 9. The van der Waals surface area contributed by atoms with Gasteiger partial charge in [-0.05, 0) is 54.1 Å². The SMILES string of the molecule is COc1ccc(C(=O)Oc2cccc(C=NNC(=O)c3cc(OC)c(OC)c(OC)c3)c2)cc1. The number of methoxy groups -OCH3 is 4. The summed E-state index contributed by atoms with van der Waals surface area (Å²) in [4.78, 5) is 24.9. The maximum absolute atomic E-state index is 12.5. The molecule has 176 valence electrons. The van der Waals surface area contributed by atoms with Crippen LogP contribution in [0.2, 0.25) is 0 Å². The second-order valence-electron chi connectivity index (χ2n) is 6.80. The topological polar surface area (TPSA) is 105 Å². The molecular weight excluding hydrogens is 440 g/mol. The summed E-state index contributed by atoms with van der Waals surface area (Å²) >= 11 is 0. The van der Waals surface area contributed by atoms with Gasteiger partial charge in [-0.1, -0.05) is 12.1 Å². The van der Waals surface area contributed by atoms with Crippen molar-refractivity contribution < 1.29 is 33.3 Å². The maximum atomic E-state index is 12.5. The molecule has 9 heteroatoms. The smallest absolute Gasteiger partial charge is 0.343 e. The highest BCUT2D eigenvalue weighted by Gasteiger charge is 2.16. The third kappa shape index (κ3) is 5.83. The molecule has 9 nitrogen and oxygen atoms in total. The Morgan fingerprint density at radius 1 is 0.765 bits per heavy atom. The van der Waals surface area contributed by atoms with Crippen LogP contribution < -0.4 is 29.1 Å². The summed E-state index contributed by atoms with van der Waals surface area (Å²) in [6, 6.07) is 16.3. The molecule has 34 heavy (non-hydrogen) atoms. The number of hydrazone groups is 1. The highest BCUT2D eigenvalue weighted by molar-refractivity contribution is 5.96. The second kappa shape index (κ2) is 11.4. The fraction of sp³-hybridized carbons (Fsp3) is 0.160. The van der Waals surface area contributed by atoms with Gasteiger partial charge >= 0.3 is 5.97 Å². The van der Waals surface area contributed by atoms with Gasteiger partial charge in [0, 0.05) is 5.56 Å². The number of amides is 1. The normalized spacial score (nSPS) is 10.5. The fourth-order valence-electron chi connectivity index (χ4n) is 2.99. The highest BCUT2D eigenvalue weighted by Crippen LogP contribution is 2.38. The zero-order chi connectivity index (χ0) is 24.5. The average Bonchev–Trinajstić information content (AvgIpc) is 2.87. The molecule has 3 aromatic carbocycles. The third-order valence-corrected chi connectivity index (χ3v) is 4.70. The summed E-state index contributed by atoms with van der Waals surface area (Å²) in [6.07, 6.45) is 1.43. The summed E-state index contributed by atoms with van der Waals surface area (Å²) < 4.78 is 26.3. The minimum atomic E-state index is -0.507. The molecule has 0 aliphatic rings. The summed E-state index contributed by atoms with van der Waals surface area (Å²) in [5.74, 6) is 1.07. The third-order valence-electron chi connectivity index (χ3n) is 4.70. The molecular formula is C25H24N2O7. The molecule has 0 spiro atoms. The Hall–Kier alpha value is -4.53. The summed E-state index contributed by atoms with van der Waals surface area (Å²) in [5.41, 5.74) is 3.72. The van der Waals surface area contributed by atoms with Crippen LogP contribution in [0.5, 0.6) is 28.7 Å². The molecule has 1 amide bonds. The van der Waals surface area contributed by atoms with E-state index in [1.54, 1.807) is 55.6 Å². The van der Waals surface area contributed by atoms with Crippen LogP contribution in [-0.2, 0) is 0 Å². The van der Waals surface area contributed by atoms with Crippen LogP contribution in [0.3, 0.4) is 0 Å². The van der Waals surface area contributed by atoms with Gasteiger partial charge in [-0.3, -0.25) is 4.79 Å². The molecule has 0 atom stereocenters. The number of esters is 1. The average molecular weight is 464 g/mol. The van der Waals surface area contributed by atoms with Crippen LogP contribution in [-0.4, -0.2) is 46.5 Å². The molecule has 0 aliphatic carbocycles. The number of nitrogens with one attached hydrogen (secondary N) is 1. The second-order valence-corrected chi connectivity index (χ2v) is 6.80. The molecule has 0 aromatic heterocycles. The summed E-state index contributed by atoms with van der Waals surface area (Å²) in [5, 5.41) is 3.98. The van der Waals surface area contributed by atoms with Crippen LogP contribution in [0.1, 0.15) is 26.3 Å². The Labute approximate surface area is 196 Å². The largest absolute Gasteiger partial charge is 0.497 e. The molecule has 0 bridgehead atoms. The molecule has 0 fully saturated rings. The van der Waals surface area contributed by atoms with Gasteiger partial charge in [0.2, 0.25) is 5.75 Å². The Kier molecular flexibility index (Phi) is 8.07. The van der Waals surface area contributed by atoms with E-state index in [4.69, 9.17) is 23.7 Å². The van der Waals surface area contributed by atoms with Crippen molar-refractivity contribution in [2.45, 2.75) is 0 Å². The van der Waals surface area contributed by atoms with E-state index in [9.17, 15) is 9.59 Å². The molecule has 0 saturated heterocycles. The molecule has 0 unspecified atom stereocenters. The minimum Gasteiger partial charge on any atom is -0.497 e. The zero-order valence-corrected chi connectivity index (χ0v) is 19.2. The van der Waals surface area contributed by atoms with Gasteiger partial charge in [-0.2, -0.15) is 5.10 Å². The van der Waals surface area contributed by atoms with E-state index in [2.05, 4.69) is 10.5 Å². The molecule has 3 aromatic rings. The predicted molar refractivity (Wildman–Crippen MR) is 126 cm³/mol. The number of ether oxygens (including phenoxy) is 5. The summed E-state index contributed by atoms with van der Waals surface area (Å²) in [7, 11) is 5.96. The molecule has 0 heterocycles. The monoisotopic (exact) mass is 464 g/mol. The van der Waals surface area contributed by atoms with Crippen molar-refractivity contribution in [3.63, 3.8) is 0 Å². The highest BCUT2D eigenvalue weighted by atomic mass is 16.5. The van der Waals surface area contributed by atoms with Gasteiger partial charge in [0.05, 0.1) is 40.2 Å². The Bertz CT molecular complexity index is 1170. The number of carbonyl (C=O) groups excluding carboxylic acids is 2. The van der Waals surface area contributed by atoms with Gasteiger partial charge in [0.15, 0.2) is 11.5 Å². The number of nitrogens with zero attached hydrogens (tertiary/aromatic N) is 1. The lowest BCUT2D eigenvalue weighted by molar-refractivity contribution is 0.0734. The Morgan fingerprint density at radius 3 is 2.03 bits per heavy atom. The van der Waals surface area contributed by atoms with E-state index in [1.165, 1.54) is 39.7 Å². The number of benzene rings is 3. The molecule has 1 N–H and O–H groups in total. The first kappa shape index (κ1) is 24.1. The van der Waals surface area contributed by atoms with Gasteiger partial charge in [0.25, 0.3) is 5.91 Å². The quantitative estimate of drug-likeness (QED) is 0.223. The zero-order valence-electron chi connectivity index (χ0n) is 19.2. The fourth-order valence-corrected chi connectivity index (χ4v) is 2.99. The van der Waals surface area contributed by atoms with E-state index < -0.39 is 11.9 Å². The van der Waals surface area contributed by atoms with Crippen molar-refractivity contribution in [2.75, 3.05) is 28.4 Å². The van der Waals surface area contributed by atoms with Crippen LogP contribution in [0.15, 0.2) is 65.8 Å². The van der Waals surface area contributed by atoms with Crippen molar-refractivity contribution in [1.82, 2.24) is 5.43 Å². The van der Waals surface area contributed by atoms with E-state index in [0.717, 1.165) is 0 Å². The van der Waals surface area contributed by atoms with Crippen molar-refractivity contribution in [3.05, 3.63) is 77.4 Å². The number of carbonyl (C=O) groups is 2. The number of hydrogen-bond acceptors (Lipinski definition) is 8. The number of hydrogen-bond donors (Lipinski definition) is 1. The predicted octanol–water partition coefficient (Wildman–Crippen LogP) is 3.70. The van der Waals surface area contributed by atoms with Gasteiger partial charge in [0.1, 0.15) is 11.5 Å². The standard InChI is InChI=1S/C25H24N2O7/c1-30-19-10-8-17(9-11-19)25(29)34-20-7-5-6-16(12-20)15-26-27-24(28)18-13-21(31-2)23(33-4)22(14-18)32-3/h5-15H,1-4H3,(H,27,28). The molecule has 3 rings (SSSR count). The Balaban J connectivity index is 1.66. The minimum absolute atomic E-state index is 0.272. The van der Waals surface area contributed by atoms with E-state index in [-0.39, 0.29) is 5.56 Å². The van der Waals surface area contributed by atoms with Crippen molar-refractivity contribution >= 4 is 18.1 Å². The van der Waals surface area contributed by atoms with Crippen molar-refractivity contribution in [3.8, 4) is 28.7 Å². The lowest BCUT2D eigenvalue weighted by atomic mass is 10.1. The van der Waals surface area contributed by atoms with Crippen LogP contribution in [0.25, 0.3) is 0 Å². The van der Waals surface area contributed by atoms with Gasteiger partial charge in [-0.25, -0.2) is 10.2 Å². The van der Waals surface area contributed by atoms with Crippen LogP contribution >= 0.6 is 0 Å².